The number of carbonyl (C=O) groups is 1. The van der Waals surface area contributed by atoms with Gasteiger partial charge >= 0.3 is 6.03 Å². The number of likely N-dealkylation sites (tertiary alicyclic amines) is 1. The normalized spacial score (nSPS) is 16.7. The number of hydrogen-bond acceptors (Lipinski definition) is 4. The Kier molecular flexibility index (Phi) is 5.53. The maximum atomic E-state index is 12.8. The fraction of sp³-hybridized carbons (Fsp3) is 0.318. The second-order valence-electron chi connectivity index (χ2n) is 7.45. The van der Waals surface area contributed by atoms with Crippen molar-refractivity contribution < 1.29 is 9.32 Å². The minimum atomic E-state index is -0.0957. The summed E-state index contributed by atoms with van der Waals surface area (Å²) in [5.41, 5.74) is 3.79. The van der Waals surface area contributed by atoms with E-state index in [4.69, 9.17) is 16.1 Å². The smallest absolute Gasteiger partial charge is 0.321 e. The first-order valence-corrected chi connectivity index (χ1v) is 10.1. The highest BCUT2D eigenvalue weighted by molar-refractivity contribution is 6.30. The van der Waals surface area contributed by atoms with Gasteiger partial charge in [0.25, 0.3) is 0 Å². The van der Waals surface area contributed by atoms with E-state index in [0.717, 1.165) is 35.2 Å². The molecule has 1 aliphatic heterocycles. The van der Waals surface area contributed by atoms with Crippen LogP contribution in [0.4, 0.5) is 10.5 Å². The van der Waals surface area contributed by atoms with Gasteiger partial charge in [-0.05, 0) is 49.9 Å². The zero-order chi connectivity index (χ0) is 20.4. The Morgan fingerprint density at radius 2 is 1.97 bits per heavy atom. The van der Waals surface area contributed by atoms with Crippen molar-refractivity contribution in [3.05, 3.63) is 64.5 Å². The van der Waals surface area contributed by atoms with Crippen LogP contribution in [0.3, 0.4) is 0 Å². The number of benzene rings is 2. The lowest BCUT2D eigenvalue weighted by Gasteiger charge is -2.31. The van der Waals surface area contributed by atoms with Gasteiger partial charge in [0.15, 0.2) is 0 Å². The predicted molar refractivity (Wildman–Crippen MR) is 113 cm³/mol. The van der Waals surface area contributed by atoms with Crippen LogP contribution in [-0.2, 0) is 0 Å². The standard InChI is InChI=1S/C22H23ClN4O2/c1-14-6-3-7-15(2)19(14)24-22(28)27-11-5-9-17(13-27)21-25-20(26-29-21)16-8-4-10-18(23)12-16/h3-4,6-8,10,12,17H,5,9,11,13H2,1-2H3,(H,24,28). The maximum absolute atomic E-state index is 12.8. The molecule has 0 aliphatic carbocycles. The van der Waals surface area contributed by atoms with Crippen molar-refractivity contribution in [3.63, 3.8) is 0 Å². The summed E-state index contributed by atoms with van der Waals surface area (Å²) < 4.78 is 5.52. The molecule has 7 heteroatoms. The Morgan fingerprint density at radius 3 is 2.72 bits per heavy atom. The molecule has 1 unspecified atom stereocenters. The van der Waals surface area contributed by atoms with Crippen LogP contribution in [0.15, 0.2) is 47.0 Å². The molecule has 1 atom stereocenters. The molecule has 0 spiro atoms. The number of anilines is 1. The summed E-state index contributed by atoms with van der Waals surface area (Å²) in [4.78, 5) is 19.2. The van der Waals surface area contributed by atoms with Crippen LogP contribution in [0.1, 0.15) is 35.8 Å². The molecule has 0 saturated carbocycles. The molecule has 1 aliphatic rings. The molecule has 150 valence electrons. The third-order valence-electron chi connectivity index (χ3n) is 5.30. The second kappa shape index (κ2) is 8.25. The summed E-state index contributed by atoms with van der Waals surface area (Å²) in [6.07, 6.45) is 1.80. The Balaban J connectivity index is 1.47. The zero-order valence-electron chi connectivity index (χ0n) is 16.5. The lowest BCUT2D eigenvalue weighted by atomic mass is 9.98. The first-order chi connectivity index (χ1) is 14.0. The van der Waals surface area contributed by atoms with Gasteiger partial charge in [0.2, 0.25) is 11.7 Å². The van der Waals surface area contributed by atoms with Crippen LogP contribution in [0.2, 0.25) is 5.02 Å². The molecule has 1 fully saturated rings. The van der Waals surface area contributed by atoms with Crippen molar-refractivity contribution >= 4 is 23.3 Å². The van der Waals surface area contributed by atoms with E-state index in [1.807, 2.05) is 49.1 Å². The van der Waals surface area contributed by atoms with E-state index in [9.17, 15) is 4.79 Å². The Morgan fingerprint density at radius 1 is 1.21 bits per heavy atom. The Hall–Kier alpha value is -2.86. The van der Waals surface area contributed by atoms with E-state index in [-0.39, 0.29) is 11.9 Å². The fourth-order valence-corrected chi connectivity index (χ4v) is 3.90. The number of halogens is 1. The fourth-order valence-electron chi connectivity index (χ4n) is 3.71. The average molecular weight is 411 g/mol. The van der Waals surface area contributed by atoms with Gasteiger partial charge in [-0.2, -0.15) is 4.98 Å². The molecule has 0 radical (unpaired) electrons. The van der Waals surface area contributed by atoms with Gasteiger partial charge in [-0.25, -0.2) is 4.79 Å². The SMILES string of the molecule is Cc1cccc(C)c1NC(=O)N1CCCC(c2nc(-c3cccc(Cl)c3)no2)C1. The molecule has 2 heterocycles. The summed E-state index contributed by atoms with van der Waals surface area (Å²) in [7, 11) is 0. The minimum absolute atomic E-state index is 0.0212. The minimum Gasteiger partial charge on any atom is -0.339 e. The Labute approximate surface area is 174 Å². The van der Waals surface area contributed by atoms with Crippen molar-refractivity contribution in [1.82, 2.24) is 15.0 Å². The van der Waals surface area contributed by atoms with Crippen LogP contribution in [0.5, 0.6) is 0 Å². The van der Waals surface area contributed by atoms with Gasteiger partial charge in [-0.15, -0.1) is 0 Å². The van der Waals surface area contributed by atoms with E-state index < -0.39 is 0 Å². The van der Waals surface area contributed by atoms with Crippen molar-refractivity contribution in [1.29, 1.82) is 0 Å². The highest BCUT2D eigenvalue weighted by atomic mass is 35.5. The molecule has 1 aromatic heterocycles. The molecule has 4 rings (SSSR count). The van der Waals surface area contributed by atoms with Crippen molar-refractivity contribution in [2.75, 3.05) is 18.4 Å². The number of aryl methyl sites for hydroxylation is 2. The molecule has 2 amide bonds. The molecule has 3 aromatic rings. The first-order valence-electron chi connectivity index (χ1n) is 9.73. The molecular weight excluding hydrogens is 388 g/mol. The third-order valence-corrected chi connectivity index (χ3v) is 5.53. The third kappa shape index (κ3) is 4.27. The van der Waals surface area contributed by atoms with Crippen LogP contribution in [0.25, 0.3) is 11.4 Å². The number of aromatic nitrogens is 2. The highest BCUT2D eigenvalue weighted by Gasteiger charge is 2.29. The summed E-state index contributed by atoms with van der Waals surface area (Å²) in [6.45, 7) is 5.26. The van der Waals surface area contributed by atoms with Crippen LogP contribution in [0, 0.1) is 13.8 Å². The molecule has 29 heavy (non-hydrogen) atoms. The second-order valence-corrected chi connectivity index (χ2v) is 7.89. The van der Waals surface area contributed by atoms with Crippen LogP contribution < -0.4 is 5.32 Å². The molecule has 2 aromatic carbocycles. The molecule has 1 saturated heterocycles. The number of urea groups is 1. The van der Waals surface area contributed by atoms with Gasteiger partial charge in [0.05, 0.1) is 5.92 Å². The van der Waals surface area contributed by atoms with Crippen molar-refractivity contribution in [3.8, 4) is 11.4 Å². The topological polar surface area (TPSA) is 71.3 Å². The number of hydrogen-bond donors (Lipinski definition) is 1. The molecular formula is C22H23ClN4O2. The number of amides is 2. The maximum Gasteiger partial charge on any atom is 0.321 e. The van der Waals surface area contributed by atoms with Gasteiger partial charge in [-0.1, -0.05) is 47.1 Å². The number of piperidine rings is 1. The van der Waals surface area contributed by atoms with Crippen LogP contribution >= 0.6 is 11.6 Å². The molecule has 0 bridgehead atoms. The van der Waals surface area contributed by atoms with E-state index >= 15 is 0 Å². The van der Waals surface area contributed by atoms with E-state index in [1.165, 1.54) is 0 Å². The van der Waals surface area contributed by atoms with Gasteiger partial charge < -0.3 is 14.7 Å². The Bertz CT molecular complexity index is 1010. The summed E-state index contributed by atoms with van der Waals surface area (Å²) in [5.74, 6) is 1.09. The van der Waals surface area contributed by atoms with Gasteiger partial charge in [-0.3, -0.25) is 0 Å². The lowest BCUT2D eigenvalue weighted by molar-refractivity contribution is 0.184. The first kappa shape index (κ1) is 19.5. The monoisotopic (exact) mass is 410 g/mol. The quantitative estimate of drug-likeness (QED) is 0.625. The number of para-hydroxylation sites is 1. The van der Waals surface area contributed by atoms with Gasteiger partial charge in [0, 0.05) is 29.4 Å². The predicted octanol–water partition coefficient (Wildman–Crippen LogP) is 5.42. The highest BCUT2D eigenvalue weighted by Crippen LogP contribution is 2.29. The summed E-state index contributed by atoms with van der Waals surface area (Å²) in [6, 6.07) is 13.3. The van der Waals surface area contributed by atoms with Crippen molar-refractivity contribution in [2.24, 2.45) is 0 Å². The molecule has 6 nitrogen and oxygen atoms in total. The summed E-state index contributed by atoms with van der Waals surface area (Å²) in [5, 5.41) is 7.79. The van der Waals surface area contributed by atoms with Crippen molar-refractivity contribution in [2.45, 2.75) is 32.6 Å². The van der Waals surface area contributed by atoms with Crippen LogP contribution in [-0.4, -0.2) is 34.2 Å². The summed E-state index contributed by atoms with van der Waals surface area (Å²) >= 11 is 6.06. The zero-order valence-corrected chi connectivity index (χ0v) is 17.2. The van der Waals surface area contributed by atoms with E-state index in [2.05, 4.69) is 15.5 Å². The van der Waals surface area contributed by atoms with E-state index in [1.54, 1.807) is 12.1 Å². The lowest BCUT2D eigenvalue weighted by Crippen LogP contribution is -2.41. The number of nitrogens with one attached hydrogen (secondary N) is 1. The van der Waals surface area contributed by atoms with E-state index in [0.29, 0.717) is 29.8 Å². The number of rotatable bonds is 3. The van der Waals surface area contributed by atoms with Gasteiger partial charge in [0.1, 0.15) is 0 Å². The number of nitrogens with zero attached hydrogens (tertiary/aromatic N) is 3. The number of carbonyl (C=O) groups excluding carboxylic acids is 1. The largest absolute Gasteiger partial charge is 0.339 e. The average Bonchev–Trinajstić information content (AvgIpc) is 3.21. The molecule has 1 N–H and O–H groups in total.